The number of nitrogens with zero attached hydrogens (tertiary/aromatic N) is 1. The first kappa shape index (κ1) is 13.1. The molecule has 1 aliphatic rings. The van der Waals surface area contributed by atoms with Crippen LogP contribution in [-0.4, -0.2) is 19.3 Å². The first-order valence-corrected chi connectivity index (χ1v) is 6.67. The quantitative estimate of drug-likeness (QED) is 0.866. The summed E-state index contributed by atoms with van der Waals surface area (Å²) in [5, 5.41) is 12.5. The summed E-state index contributed by atoms with van der Waals surface area (Å²) in [4.78, 5) is 0. The monoisotopic (exact) mass is 244 g/mol. The van der Waals surface area contributed by atoms with Crippen molar-refractivity contribution in [1.82, 2.24) is 5.32 Å². The lowest BCUT2D eigenvalue weighted by Gasteiger charge is -2.15. The highest BCUT2D eigenvalue weighted by molar-refractivity contribution is 5.28. The van der Waals surface area contributed by atoms with Crippen LogP contribution in [0.15, 0.2) is 24.3 Å². The van der Waals surface area contributed by atoms with Gasteiger partial charge in [-0.25, -0.2) is 0 Å². The van der Waals surface area contributed by atoms with Gasteiger partial charge < -0.3 is 4.74 Å². The summed E-state index contributed by atoms with van der Waals surface area (Å²) in [5.74, 6) is 0. The van der Waals surface area contributed by atoms with Crippen LogP contribution in [0.1, 0.15) is 36.9 Å². The highest BCUT2D eigenvalue weighted by Crippen LogP contribution is 2.16. The van der Waals surface area contributed by atoms with Gasteiger partial charge in [0.2, 0.25) is 0 Å². The normalized spacial score (nSPS) is 20.6. The lowest BCUT2D eigenvalue weighted by Crippen LogP contribution is -2.29. The molecule has 0 aliphatic carbocycles. The first-order chi connectivity index (χ1) is 8.83. The molecule has 3 nitrogen and oxygen atoms in total. The third kappa shape index (κ3) is 3.32. The van der Waals surface area contributed by atoms with Crippen LogP contribution in [0.25, 0.3) is 0 Å². The van der Waals surface area contributed by atoms with Gasteiger partial charge in [0.25, 0.3) is 0 Å². The zero-order valence-electron chi connectivity index (χ0n) is 10.9. The molecule has 0 bridgehead atoms. The topological polar surface area (TPSA) is 45.0 Å². The maximum Gasteiger partial charge on any atom is 0.121 e. The zero-order valence-corrected chi connectivity index (χ0v) is 10.9. The van der Waals surface area contributed by atoms with Gasteiger partial charge >= 0.3 is 0 Å². The van der Waals surface area contributed by atoms with Gasteiger partial charge in [0.05, 0.1) is 12.2 Å². The van der Waals surface area contributed by atoms with Crippen molar-refractivity contribution in [2.24, 2.45) is 0 Å². The van der Waals surface area contributed by atoms with E-state index in [2.05, 4.69) is 30.4 Å². The molecule has 1 aromatic rings. The fraction of sp³-hybridized carbons (Fsp3) is 0.533. The van der Waals surface area contributed by atoms with Crippen molar-refractivity contribution in [3.63, 3.8) is 0 Å². The van der Waals surface area contributed by atoms with Gasteiger partial charge in [0.15, 0.2) is 0 Å². The number of benzene rings is 1. The molecule has 2 rings (SSSR count). The van der Waals surface area contributed by atoms with Crippen molar-refractivity contribution in [1.29, 1.82) is 5.26 Å². The fourth-order valence-corrected chi connectivity index (χ4v) is 2.24. The van der Waals surface area contributed by atoms with Gasteiger partial charge in [-0.05, 0) is 30.4 Å². The Morgan fingerprint density at radius 3 is 2.78 bits per heavy atom. The van der Waals surface area contributed by atoms with E-state index in [1.165, 1.54) is 5.56 Å². The molecule has 1 N–H and O–H groups in total. The molecule has 1 aromatic carbocycles. The van der Waals surface area contributed by atoms with Crippen LogP contribution in [0.5, 0.6) is 0 Å². The molecule has 1 fully saturated rings. The summed E-state index contributed by atoms with van der Waals surface area (Å²) in [7, 11) is 0. The maximum absolute atomic E-state index is 9.23. The number of hydrogen-bond acceptors (Lipinski definition) is 3. The summed E-state index contributed by atoms with van der Waals surface area (Å²) in [6.07, 6.45) is 3.53. The van der Waals surface area contributed by atoms with Crippen LogP contribution in [0.3, 0.4) is 0 Å². The van der Waals surface area contributed by atoms with Gasteiger partial charge in [-0.15, -0.1) is 0 Å². The van der Waals surface area contributed by atoms with E-state index in [-0.39, 0.29) is 12.1 Å². The molecule has 18 heavy (non-hydrogen) atoms. The fourth-order valence-electron chi connectivity index (χ4n) is 2.24. The second-order valence-electron chi connectivity index (χ2n) is 4.70. The smallest absolute Gasteiger partial charge is 0.121 e. The van der Waals surface area contributed by atoms with Crippen LogP contribution < -0.4 is 5.32 Å². The van der Waals surface area contributed by atoms with Gasteiger partial charge in [0.1, 0.15) is 6.04 Å². The number of nitriles is 1. The molecule has 0 saturated carbocycles. The lowest BCUT2D eigenvalue weighted by atomic mass is 10.0. The third-order valence-electron chi connectivity index (χ3n) is 3.42. The second kappa shape index (κ2) is 6.53. The Morgan fingerprint density at radius 2 is 2.22 bits per heavy atom. The summed E-state index contributed by atoms with van der Waals surface area (Å²) < 4.78 is 5.55. The van der Waals surface area contributed by atoms with Gasteiger partial charge in [-0.1, -0.05) is 31.2 Å². The van der Waals surface area contributed by atoms with E-state index in [0.29, 0.717) is 0 Å². The molecule has 1 heterocycles. The number of aryl methyl sites for hydroxylation is 1. The first-order valence-electron chi connectivity index (χ1n) is 6.67. The van der Waals surface area contributed by atoms with E-state index in [9.17, 15) is 5.26 Å². The van der Waals surface area contributed by atoms with E-state index in [1.807, 2.05) is 12.1 Å². The van der Waals surface area contributed by atoms with Crippen LogP contribution in [-0.2, 0) is 11.2 Å². The van der Waals surface area contributed by atoms with E-state index >= 15 is 0 Å². The Balaban J connectivity index is 1.92. The molecule has 2 atom stereocenters. The molecule has 0 aromatic heterocycles. The molecule has 2 unspecified atom stereocenters. The van der Waals surface area contributed by atoms with E-state index in [4.69, 9.17) is 4.74 Å². The maximum atomic E-state index is 9.23. The number of nitrogens with one attached hydrogen (secondary N) is 1. The Morgan fingerprint density at radius 1 is 1.44 bits per heavy atom. The summed E-state index contributed by atoms with van der Waals surface area (Å²) in [6, 6.07) is 10.3. The zero-order chi connectivity index (χ0) is 12.8. The van der Waals surface area contributed by atoms with Crippen molar-refractivity contribution in [3.8, 4) is 6.07 Å². The number of hydrogen-bond donors (Lipinski definition) is 1. The minimum atomic E-state index is -0.236. The number of rotatable bonds is 5. The standard InChI is InChI=1S/C15H20N2O/c1-2-12-5-7-13(8-6-12)15(10-16)17-11-14-4-3-9-18-14/h5-8,14-15,17H,2-4,9,11H2,1H3. The van der Waals surface area contributed by atoms with Crippen molar-refractivity contribution in [3.05, 3.63) is 35.4 Å². The van der Waals surface area contributed by atoms with Crippen LogP contribution >= 0.6 is 0 Å². The number of ether oxygens (including phenoxy) is 1. The van der Waals surface area contributed by atoms with Crippen LogP contribution in [0, 0.1) is 11.3 Å². The largest absolute Gasteiger partial charge is 0.377 e. The summed E-state index contributed by atoms with van der Waals surface area (Å²) in [5.41, 5.74) is 2.34. The molecular weight excluding hydrogens is 224 g/mol. The Bertz CT molecular complexity index is 401. The molecule has 0 spiro atoms. The van der Waals surface area contributed by atoms with Gasteiger partial charge in [-0.2, -0.15) is 5.26 Å². The van der Waals surface area contributed by atoms with Crippen molar-refractivity contribution in [2.45, 2.75) is 38.3 Å². The average molecular weight is 244 g/mol. The Hall–Kier alpha value is -1.37. The SMILES string of the molecule is CCc1ccc(C(C#N)NCC2CCCO2)cc1. The molecule has 0 amide bonds. The van der Waals surface area contributed by atoms with E-state index < -0.39 is 0 Å². The molecule has 96 valence electrons. The molecule has 1 aliphatic heterocycles. The van der Waals surface area contributed by atoms with Crippen molar-refractivity contribution in [2.75, 3.05) is 13.2 Å². The predicted molar refractivity (Wildman–Crippen MR) is 71.2 cm³/mol. The molecular formula is C15H20N2O. The average Bonchev–Trinajstić information content (AvgIpc) is 2.93. The summed E-state index contributed by atoms with van der Waals surface area (Å²) >= 11 is 0. The molecule has 0 radical (unpaired) electrons. The highest BCUT2D eigenvalue weighted by atomic mass is 16.5. The Kier molecular flexibility index (Phi) is 4.74. The molecule has 3 heteroatoms. The van der Waals surface area contributed by atoms with E-state index in [1.54, 1.807) is 0 Å². The Labute approximate surface area is 109 Å². The van der Waals surface area contributed by atoms with Crippen LogP contribution in [0.2, 0.25) is 0 Å². The summed E-state index contributed by atoms with van der Waals surface area (Å²) in [6.45, 7) is 3.75. The van der Waals surface area contributed by atoms with Crippen molar-refractivity contribution < 1.29 is 4.74 Å². The highest BCUT2D eigenvalue weighted by Gasteiger charge is 2.17. The van der Waals surface area contributed by atoms with E-state index in [0.717, 1.165) is 38.0 Å². The van der Waals surface area contributed by atoms with Gasteiger partial charge in [0, 0.05) is 13.2 Å². The van der Waals surface area contributed by atoms with Gasteiger partial charge in [-0.3, -0.25) is 5.32 Å². The molecule has 1 saturated heterocycles. The third-order valence-corrected chi connectivity index (χ3v) is 3.42. The minimum absolute atomic E-state index is 0.236. The second-order valence-corrected chi connectivity index (χ2v) is 4.70. The van der Waals surface area contributed by atoms with Crippen LogP contribution in [0.4, 0.5) is 0 Å². The van der Waals surface area contributed by atoms with Crippen molar-refractivity contribution >= 4 is 0 Å². The minimum Gasteiger partial charge on any atom is -0.377 e. The predicted octanol–water partition coefficient (Wildman–Crippen LogP) is 2.58. The lowest BCUT2D eigenvalue weighted by molar-refractivity contribution is 0.109.